The van der Waals surface area contributed by atoms with Gasteiger partial charge in [-0.15, -0.1) is 0 Å². The number of para-hydroxylation sites is 1. The molecule has 0 unspecified atom stereocenters. The molecule has 164 valence electrons. The van der Waals surface area contributed by atoms with E-state index in [1.165, 1.54) is 0 Å². The van der Waals surface area contributed by atoms with Crippen molar-refractivity contribution in [1.29, 1.82) is 5.26 Å². The molecule has 1 fully saturated rings. The Labute approximate surface area is 183 Å². The van der Waals surface area contributed by atoms with Crippen LogP contribution in [0.25, 0.3) is 0 Å². The van der Waals surface area contributed by atoms with Crippen molar-refractivity contribution in [2.45, 2.75) is 25.4 Å². The summed E-state index contributed by atoms with van der Waals surface area (Å²) in [6.45, 7) is 3.36. The zero-order chi connectivity index (χ0) is 21.9. The van der Waals surface area contributed by atoms with E-state index in [2.05, 4.69) is 17.3 Å². The van der Waals surface area contributed by atoms with E-state index in [0.29, 0.717) is 30.5 Å². The lowest BCUT2D eigenvalue weighted by Crippen LogP contribution is -2.38. The number of ether oxygens (including phenoxy) is 3. The highest BCUT2D eigenvalue weighted by atomic mass is 16.5. The van der Waals surface area contributed by atoms with Crippen LogP contribution < -0.4 is 14.8 Å². The van der Waals surface area contributed by atoms with Gasteiger partial charge in [-0.2, -0.15) is 5.26 Å². The number of nitriles is 1. The average molecular weight is 424 g/mol. The van der Waals surface area contributed by atoms with Crippen LogP contribution >= 0.6 is 0 Å². The number of nitrogens with zero attached hydrogens (tertiary/aromatic N) is 2. The highest BCUT2D eigenvalue weighted by Crippen LogP contribution is 2.17. The summed E-state index contributed by atoms with van der Waals surface area (Å²) in [7, 11) is 2.13. The van der Waals surface area contributed by atoms with Gasteiger partial charge in [-0.3, -0.25) is 9.69 Å². The number of carbonyl (C=O) groups is 1. The lowest BCUT2D eigenvalue weighted by molar-refractivity contribution is -0.123. The summed E-state index contributed by atoms with van der Waals surface area (Å²) < 4.78 is 16.8. The highest BCUT2D eigenvalue weighted by molar-refractivity contribution is 5.77. The van der Waals surface area contributed by atoms with Crippen LogP contribution in [0, 0.1) is 11.3 Å². The monoisotopic (exact) mass is 423 g/mol. The molecule has 1 heterocycles. The van der Waals surface area contributed by atoms with Gasteiger partial charge in [-0.1, -0.05) is 24.3 Å². The molecule has 0 spiro atoms. The van der Waals surface area contributed by atoms with Crippen LogP contribution in [0.5, 0.6) is 11.5 Å². The molecule has 0 aliphatic carbocycles. The number of rotatable bonds is 10. The van der Waals surface area contributed by atoms with Crippen LogP contribution in [0.3, 0.4) is 0 Å². The number of hydrogen-bond acceptors (Lipinski definition) is 6. The first-order valence-electron chi connectivity index (χ1n) is 10.5. The summed E-state index contributed by atoms with van der Waals surface area (Å²) in [5.41, 5.74) is 1.35. The van der Waals surface area contributed by atoms with Gasteiger partial charge in [0.2, 0.25) is 0 Å². The molecular weight excluding hydrogens is 394 g/mol. The minimum absolute atomic E-state index is 0.145. The van der Waals surface area contributed by atoms with Crippen LogP contribution in [-0.4, -0.2) is 56.9 Å². The Bertz CT molecular complexity index is 890. The zero-order valence-corrected chi connectivity index (χ0v) is 17.9. The third-order valence-electron chi connectivity index (χ3n) is 5.28. The van der Waals surface area contributed by atoms with Crippen LogP contribution in [0.2, 0.25) is 0 Å². The third-order valence-corrected chi connectivity index (χ3v) is 5.28. The lowest BCUT2D eigenvalue weighted by Gasteiger charge is -2.31. The number of benzene rings is 2. The molecule has 0 atom stereocenters. The molecule has 1 aliphatic heterocycles. The molecule has 3 rings (SSSR count). The van der Waals surface area contributed by atoms with E-state index in [1.807, 2.05) is 30.3 Å². The number of carbonyl (C=O) groups excluding carboxylic acids is 1. The van der Waals surface area contributed by atoms with Gasteiger partial charge in [-0.25, -0.2) is 0 Å². The van der Waals surface area contributed by atoms with E-state index in [1.54, 1.807) is 24.3 Å². The Balaban J connectivity index is 1.39. The highest BCUT2D eigenvalue weighted by Gasteiger charge is 2.18. The van der Waals surface area contributed by atoms with Gasteiger partial charge in [0.25, 0.3) is 5.91 Å². The first-order valence-corrected chi connectivity index (χ1v) is 10.5. The maximum Gasteiger partial charge on any atom is 0.258 e. The van der Waals surface area contributed by atoms with Gasteiger partial charge in [0, 0.05) is 32.3 Å². The fraction of sp³-hybridized carbons (Fsp3) is 0.417. The van der Waals surface area contributed by atoms with Gasteiger partial charge in [-0.05, 0) is 49.7 Å². The Morgan fingerprint density at radius 2 is 2.00 bits per heavy atom. The number of hydrogen-bond donors (Lipinski definition) is 1. The van der Waals surface area contributed by atoms with Crippen LogP contribution in [-0.2, 0) is 16.1 Å². The summed E-state index contributed by atoms with van der Waals surface area (Å²) in [6, 6.07) is 17.1. The summed E-state index contributed by atoms with van der Waals surface area (Å²) >= 11 is 0. The van der Waals surface area contributed by atoms with E-state index in [-0.39, 0.29) is 12.5 Å². The summed E-state index contributed by atoms with van der Waals surface area (Å²) in [6.07, 6.45) is 2.13. The van der Waals surface area contributed by atoms with Crippen molar-refractivity contribution in [3.63, 3.8) is 0 Å². The molecular formula is C24H29N3O4. The molecule has 0 aromatic heterocycles. The molecule has 1 N–H and O–H groups in total. The molecule has 1 amide bonds. The van der Waals surface area contributed by atoms with E-state index >= 15 is 0 Å². The molecule has 2 aromatic carbocycles. The van der Waals surface area contributed by atoms with Gasteiger partial charge in [0.05, 0.1) is 5.56 Å². The molecule has 2 aromatic rings. The van der Waals surface area contributed by atoms with Crippen molar-refractivity contribution >= 4 is 5.91 Å². The zero-order valence-electron chi connectivity index (χ0n) is 17.9. The van der Waals surface area contributed by atoms with Crippen LogP contribution in [0.1, 0.15) is 24.0 Å². The van der Waals surface area contributed by atoms with Crippen molar-refractivity contribution in [3.05, 3.63) is 59.7 Å². The van der Waals surface area contributed by atoms with E-state index in [9.17, 15) is 4.79 Å². The van der Waals surface area contributed by atoms with Crippen molar-refractivity contribution in [2.75, 3.05) is 40.0 Å². The Morgan fingerprint density at radius 3 is 2.81 bits per heavy atom. The molecule has 1 saturated heterocycles. The molecule has 0 radical (unpaired) electrons. The minimum atomic E-state index is -0.253. The molecule has 7 heteroatoms. The van der Waals surface area contributed by atoms with Crippen LogP contribution in [0.4, 0.5) is 0 Å². The van der Waals surface area contributed by atoms with Crippen molar-refractivity contribution in [1.82, 2.24) is 10.2 Å². The second-order valence-corrected chi connectivity index (χ2v) is 7.49. The first-order chi connectivity index (χ1) is 15.2. The lowest BCUT2D eigenvalue weighted by atomic mass is 10.1. The molecule has 7 nitrogen and oxygen atoms in total. The first kappa shape index (κ1) is 22.6. The maximum atomic E-state index is 12.1. The van der Waals surface area contributed by atoms with Crippen molar-refractivity contribution < 1.29 is 19.0 Å². The molecule has 0 bridgehead atoms. The Morgan fingerprint density at radius 1 is 1.19 bits per heavy atom. The van der Waals surface area contributed by atoms with Gasteiger partial charge < -0.3 is 19.5 Å². The fourth-order valence-corrected chi connectivity index (χ4v) is 3.44. The summed E-state index contributed by atoms with van der Waals surface area (Å²) in [5, 5.41) is 11.9. The number of likely N-dealkylation sites (N-methyl/N-ethyl adjacent to an activating group) is 1. The summed E-state index contributed by atoms with van der Waals surface area (Å²) in [4.78, 5) is 14.4. The van der Waals surface area contributed by atoms with Gasteiger partial charge in [0.1, 0.15) is 24.2 Å². The number of amides is 1. The topological polar surface area (TPSA) is 83.8 Å². The molecule has 1 aliphatic rings. The predicted octanol–water partition coefficient (Wildman–Crippen LogP) is 2.74. The third kappa shape index (κ3) is 7.28. The molecule has 0 saturated carbocycles. The van der Waals surface area contributed by atoms with Crippen molar-refractivity contribution in [2.24, 2.45) is 0 Å². The summed E-state index contributed by atoms with van der Waals surface area (Å²) in [5.74, 6) is 0.935. The standard InChI is InChI=1S/C24H29N3O4/c1-27(21-9-12-29-13-10-21)11-14-30-22-7-4-5-19(15-22)17-26-24(28)18-31-23-8-3-2-6-20(23)16-25/h2-8,15,21H,9-14,17-18H2,1H3,(H,26,28). The number of nitrogens with one attached hydrogen (secondary N) is 1. The average Bonchev–Trinajstić information content (AvgIpc) is 2.82. The second-order valence-electron chi connectivity index (χ2n) is 7.49. The Hall–Kier alpha value is -3.08. The van der Waals surface area contributed by atoms with Crippen LogP contribution in [0.15, 0.2) is 48.5 Å². The SMILES string of the molecule is CN(CCOc1cccc(CNC(=O)COc2ccccc2C#N)c1)C1CCOCC1. The maximum absolute atomic E-state index is 12.1. The Kier molecular flexibility index (Phi) is 8.71. The molecule has 31 heavy (non-hydrogen) atoms. The van der Waals surface area contributed by atoms with Gasteiger partial charge >= 0.3 is 0 Å². The van der Waals surface area contributed by atoms with E-state index in [0.717, 1.165) is 43.9 Å². The van der Waals surface area contributed by atoms with Gasteiger partial charge in [0.15, 0.2) is 6.61 Å². The van der Waals surface area contributed by atoms with Crippen molar-refractivity contribution in [3.8, 4) is 17.6 Å². The normalized spacial score (nSPS) is 14.1. The minimum Gasteiger partial charge on any atom is -0.492 e. The van der Waals surface area contributed by atoms with E-state index in [4.69, 9.17) is 19.5 Å². The fourth-order valence-electron chi connectivity index (χ4n) is 3.44. The largest absolute Gasteiger partial charge is 0.492 e. The quantitative estimate of drug-likeness (QED) is 0.633. The van der Waals surface area contributed by atoms with E-state index < -0.39 is 0 Å². The smallest absolute Gasteiger partial charge is 0.258 e. The second kappa shape index (κ2) is 11.9. The predicted molar refractivity (Wildman–Crippen MR) is 117 cm³/mol.